The number of fused-ring (bicyclic) bond motifs is 1. The summed E-state index contributed by atoms with van der Waals surface area (Å²) in [6.45, 7) is 0.561. The molecule has 3 atom stereocenters. The number of aromatic nitrogens is 4. The zero-order valence-electron chi connectivity index (χ0n) is 22.3. The van der Waals surface area contributed by atoms with Gasteiger partial charge >= 0.3 is 0 Å². The number of epoxide rings is 1. The number of rotatable bonds is 9. The van der Waals surface area contributed by atoms with E-state index in [1.807, 2.05) is 36.1 Å². The Balaban J connectivity index is 1.28. The van der Waals surface area contributed by atoms with Crippen molar-refractivity contribution in [1.29, 1.82) is 0 Å². The van der Waals surface area contributed by atoms with Crippen molar-refractivity contribution in [3.8, 4) is 0 Å². The van der Waals surface area contributed by atoms with Crippen LogP contribution in [0, 0.1) is 0 Å². The quantitative estimate of drug-likeness (QED) is 0.363. The molecule has 4 heterocycles. The maximum absolute atomic E-state index is 13.4. The average molecular weight is 524 g/mol. The molecule has 38 heavy (non-hydrogen) atoms. The fourth-order valence-electron chi connectivity index (χ4n) is 6.08. The van der Waals surface area contributed by atoms with E-state index in [1.54, 1.807) is 24.8 Å². The molecule has 3 aromatic heterocycles. The maximum Gasteiger partial charge on any atom is 0.274 e. The van der Waals surface area contributed by atoms with E-state index in [9.17, 15) is 4.79 Å². The highest BCUT2D eigenvalue weighted by Gasteiger charge is 2.51. The van der Waals surface area contributed by atoms with Gasteiger partial charge in [0.1, 0.15) is 17.3 Å². The molecule has 0 bridgehead atoms. The third kappa shape index (κ3) is 4.68. The Hall–Kier alpha value is -2.99. The monoisotopic (exact) mass is 523 g/mol. The van der Waals surface area contributed by atoms with Crippen LogP contribution in [0.5, 0.6) is 0 Å². The van der Waals surface area contributed by atoms with Crippen molar-refractivity contribution in [2.75, 3.05) is 38.5 Å². The Labute approximate surface area is 221 Å². The van der Waals surface area contributed by atoms with Gasteiger partial charge in [0.05, 0.1) is 30.6 Å². The molecular weight excluding hydrogens is 486 g/mol. The smallest absolute Gasteiger partial charge is 0.274 e. The van der Waals surface area contributed by atoms with Crippen molar-refractivity contribution < 1.29 is 14.2 Å². The lowest BCUT2D eigenvalue weighted by Crippen LogP contribution is -2.38. The summed E-state index contributed by atoms with van der Waals surface area (Å²) >= 11 is 0. The highest BCUT2D eigenvalue weighted by atomic mass is 16.6. The van der Waals surface area contributed by atoms with E-state index < -0.39 is 5.72 Å². The van der Waals surface area contributed by atoms with Crippen LogP contribution in [0.1, 0.15) is 56.6 Å². The predicted octanol–water partition coefficient (Wildman–Crippen LogP) is 3.15. The number of anilines is 3. The van der Waals surface area contributed by atoms with Crippen molar-refractivity contribution in [3.05, 3.63) is 46.5 Å². The minimum Gasteiger partial charge on any atom is -0.381 e. The molecule has 1 saturated heterocycles. The molecule has 204 valence electrons. The van der Waals surface area contributed by atoms with Crippen molar-refractivity contribution in [2.45, 2.75) is 75.0 Å². The Morgan fingerprint density at radius 3 is 2.55 bits per heavy atom. The second kappa shape index (κ2) is 10.3. The highest BCUT2D eigenvalue weighted by molar-refractivity contribution is 5.65. The fourth-order valence-corrected chi connectivity index (χ4v) is 6.08. The fraction of sp³-hybridized carbons (Fsp3) is 0.593. The summed E-state index contributed by atoms with van der Waals surface area (Å²) < 4.78 is 20.7. The minimum atomic E-state index is -0.605. The molecule has 3 aliphatic rings. The molecule has 6 rings (SSSR count). The van der Waals surface area contributed by atoms with Crippen LogP contribution in [0.4, 0.5) is 17.3 Å². The first-order chi connectivity index (χ1) is 18.5. The normalized spacial score (nSPS) is 29.0. The van der Waals surface area contributed by atoms with Gasteiger partial charge in [0.2, 0.25) is 0 Å². The van der Waals surface area contributed by atoms with Crippen LogP contribution in [0.2, 0.25) is 0 Å². The van der Waals surface area contributed by atoms with Gasteiger partial charge in [0.15, 0.2) is 11.4 Å². The number of pyridine rings is 1. The van der Waals surface area contributed by atoms with Crippen LogP contribution in [-0.2, 0) is 19.9 Å². The molecule has 0 aromatic carbocycles. The van der Waals surface area contributed by atoms with Gasteiger partial charge in [-0.3, -0.25) is 10.1 Å². The van der Waals surface area contributed by atoms with E-state index in [1.165, 1.54) is 0 Å². The van der Waals surface area contributed by atoms with Gasteiger partial charge in [-0.1, -0.05) is 0 Å². The highest BCUT2D eigenvalue weighted by Crippen LogP contribution is 2.41. The van der Waals surface area contributed by atoms with E-state index in [2.05, 4.69) is 21.0 Å². The summed E-state index contributed by atoms with van der Waals surface area (Å²) in [5.74, 6) is 1.33. The second-order valence-electron chi connectivity index (χ2n) is 10.6. The van der Waals surface area contributed by atoms with Crippen molar-refractivity contribution >= 4 is 23.0 Å². The summed E-state index contributed by atoms with van der Waals surface area (Å²) in [7, 11) is 5.37. The molecule has 0 amide bonds. The predicted molar refractivity (Wildman–Crippen MR) is 144 cm³/mol. The lowest BCUT2D eigenvalue weighted by atomic mass is 9.92. The third-order valence-corrected chi connectivity index (χ3v) is 8.36. The topological polar surface area (TPSA) is 119 Å². The van der Waals surface area contributed by atoms with Gasteiger partial charge < -0.3 is 29.4 Å². The number of hydrogen-bond acceptors (Lipinski definition) is 9. The lowest BCUT2D eigenvalue weighted by molar-refractivity contribution is 0.0580. The molecular formula is C27H37N7O4. The van der Waals surface area contributed by atoms with Crippen LogP contribution in [-0.4, -0.2) is 65.3 Å². The molecule has 3 fully saturated rings. The minimum absolute atomic E-state index is 0.0487. The Morgan fingerprint density at radius 2 is 1.87 bits per heavy atom. The van der Waals surface area contributed by atoms with E-state index >= 15 is 0 Å². The Bertz CT molecular complexity index is 1340. The molecule has 2 saturated carbocycles. The summed E-state index contributed by atoms with van der Waals surface area (Å²) in [5.41, 5.74) is 1.41. The summed E-state index contributed by atoms with van der Waals surface area (Å²) in [5, 5.41) is 14.8. The first kappa shape index (κ1) is 25.3. The van der Waals surface area contributed by atoms with Gasteiger partial charge in [0.25, 0.3) is 5.56 Å². The molecule has 1 aliphatic heterocycles. The van der Waals surface area contributed by atoms with Gasteiger partial charge in [-0.2, -0.15) is 9.61 Å². The SMILES string of the molecule is CNc1cc(Nc2cccn(C3CCC(OC)CC3)c2=O)nc2c(C3(NC4CC[C@H](OC)C4)CO3)cnn12. The molecule has 0 radical (unpaired) electrons. The zero-order chi connectivity index (χ0) is 26.3. The van der Waals surface area contributed by atoms with E-state index in [4.69, 9.17) is 19.2 Å². The van der Waals surface area contributed by atoms with Gasteiger partial charge in [-0.15, -0.1) is 0 Å². The van der Waals surface area contributed by atoms with Gasteiger partial charge in [-0.05, 0) is 57.1 Å². The van der Waals surface area contributed by atoms with Crippen LogP contribution in [0.25, 0.3) is 5.65 Å². The van der Waals surface area contributed by atoms with E-state index in [0.717, 1.165) is 56.3 Å². The van der Waals surface area contributed by atoms with E-state index in [-0.39, 0.29) is 23.8 Å². The van der Waals surface area contributed by atoms with Crippen molar-refractivity contribution in [1.82, 2.24) is 24.5 Å². The first-order valence-electron chi connectivity index (χ1n) is 13.6. The molecule has 0 spiro atoms. The number of nitrogens with zero attached hydrogens (tertiary/aromatic N) is 4. The van der Waals surface area contributed by atoms with Crippen LogP contribution in [0.3, 0.4) is 0 Å². The second-order valence-corrected chi connectivity index (χ2v) is 10.6. The van der Waals surface area contributed by atoms with Gasteiger partial charge in [-0.25, -0.2) is 4.98 Å². The molecule has 11 heteroatoms. The molecule has 11 nitrogen and oxygen atoms in total. The Morgan fingerprint density at radius 1 is 1.11 bits per heavy atom. The maximum atomic E-state index is 13.4. The number of nitrogens with one attached hydrogen (secondary N) is 3. The molecule has 2 aliphatic carbocycles. The van der Waals surface area contributed by atoms with Crippen LogP contribution in [0.15, 0.2) is 35.4 Å². The first-order valence-corrected chi connectivity index (χ1v) is 13.6. The largest absolute Gasteiger partial charge is 0.381 e. The van der Waals surface area contributed by atoms with Crippen LogP contribution >= 0.6 is 0 Å². The average Bonchev–Trinajstić information content (AvgIpc) is 3.35. The lowest BCUT2D eigenvalue weighted by Gasteiger charge is -2.29. The number of methoxy groups -OCH3 is 2. The molecule has 2 unspecified atom stereocenters. The van der Waals surface area contributed by atoms with Crippen molar-refractivity contribution in [3.63, 3.8) is 0 Å². The third-order valence-electron chi connectivity index (χ3n) is 8.36. The number of ether oxygens (including phenoxy) is 3. The van der Waals surface area contributed by atoms with E-state index in [0.29, 0.717) is 29.8 Å². The molecule has 3 aromatic rings. The summed E-state index contributed by atoms with van der Waals surface area (Å²) in [4.78, 5) is 18.3. The summed E-state index contributed by atoms with van der Waals surface area (Å²) in [6.07, 6.45) is 11.1. The standard InChI is InChI=1S/C27H37N7O4/c1-28-24-14-23(30-22-5-4-12-33(26(22)35)18-7-10-19(36-2)11-8-18)31-25-21(15-29-34(24)25)27(16-38-27)32-17-6-9-20(13-17)37-3/h4-5,12,14-15,17-20,28,32H,6-11,13,16H2,1-3H3,(H,30,31)/t17?,18?,19?,20-,27?/m0/s1. The van der Waals surface area contributed by atoms with Gasteiger partial charge in [0, 0.05) is 45.6 Å². The number of hydrogen-bond donors (Lipinski definition) is 3. The van der Waals surface area contributed by atoms with Crippen molar-refractivity contribution in [2.24, 2.45) is 0 Å². The Kier molecular flexibility index (Phi) is 6.85. The summed E-state index contributed by atoms with van der Waals surface area (Å²) in [6, 6.07) is 6.06. The zero-order valence-corrected chi connectivity index (χ0v) is 22.3. The molecule has 3 N–H and O–H groups in total. The van der Waals surface area contributed by atoms with Crippen LogP contribution < -0.4 is 21.5 Å².